The average Bonchev–Trinajstić information content (AvgIpc) is 3.33. The Hall–Kier alpha value is -1.35. The molecule has 0 spiro atoms. The first-order chi connectivity index (χ1) is 12.2. The molecule has 1 atom stereocenters. The fourth-order valence-corrected chi connectivity index (χ4v) is 5.36. The van der Waals surface area contributed by atoms with E-state index >= 15 is 0 Å². The van der Waals surface area contributed by atoms with E-state index in [1.807, 2.05) is 13.8 Å². The van der Waals surface area contributed by atoms with Crippen molar-refractivity contribution >= 4 is 21.7 Å². The van der Waals surface area contributed by atoms with Crippen molar-refractivity contribution < 1.29 is 13.2 Å². The van der Waals surface area contributed by atoms with E-state index in [0.717, 1.165) is 45.0 Å². The predicted molar refractivity (Wildman–Crippen MR) is 102 cm³/mol. The molecule has 0 aromatic rings. The first-order valence-electron chi connectivity index (χ1n) is 9.49. The molecule has 2 aliphatic heterocycles. The smallest absolute Gasteiger partial charge is 0.237 e. The van der Waals surface area contributed by atoms with Gasteiger partial charge in [0.05, 0.1) is 17.0 Å². The van der Waals surface area contributed by atoms with E-state index in [2.05, 4.69) is 15.1 Å². The van der Waals surface area contributed by atoms with E-state index in [0.29, 0.717) is 24.8 Å². The molecule has 0 radical (unpaired) electrons. The highest BCUT2D eigenvalue weighted by molar-refractivity contribution is 7.91. The average molecular weight is 386 g/mol. The molecule has 2 saturated heterocycles. The van der Waals surface area contributed by atoms with Crippen molar-refractivity contribution in [2.45, 2.75) is 44.7 Å². The molecule has 3 fully saturated rings. The number of sulfone groups is 1. The highest BCUT2D eigenvalue weighted by atomic mass is 32.2. The summed E-state index contributed by atoms with van der Waals surface area (Å²) in [6.45, 7) is 7.34. The summed E-state index contributed by atoms with van der Waals surface area (Å²) in [5, 5.41) is 3.50. The molecule has 0 bridgehead atoms. The van der Waals surface area contributed by atoms with Gasteiger partial charge < -0.3 is 16.0 Å². The lowest BCUT2D eigenvalue weighted by Crippen LogP contribution is -2.61. The third-order valence-corrected chi connectivity index (χ3v) is 7.55. The zero-order valence-corrected chi connectivity index (χ0v) is 16.6. The van der Waals surface area contributed by atoms with Gasteiger partial charge in [0, 0.05) is 38.8 Å². The first-order valence-corrected chi connectivity index (χ1v) is 11.3. The molecule has 3 aliphatic rings. The van der Waals surface area contributed by atoms with E-state index in [9.17, 15) is 13.2 Å². The van der Waals surface area contributed by atoms with Gasteiger partial charge >= 0.3 is 0 Å². The Morgan fingerprint density at radius 2 is 1.85 bits per heavy atom. The minimum atomic E-state index is -2.86. The number of rotatable bonds is 5. The molecule has 26 heavy (non-hydrogen) atoms. The summed E-state index contributed by atoms with van der Waals surface area (Å²) in [6, 6.07) is 0.487. The summed E-state index contributed by atoms with van der Waals surface area (Å²) in [7, 11) is -2.86. The van der Waals surface area contributed by atoms with Crippen molar-refractivity contribution in [1.82, 2.24) is 15.1 Å². The number of carbonyl (C=O) groups excluding carboxylic acids is 1. The fourth-order valence-electron chi connectivity index (χ4n) is 3.51. The van der Waals surface area contributed by atoms with Crippen molar-refractivity contribution in [3.05, 3.63) is 0 Å². The number of nitrogens with two attached hydrogens (primary N) is 1. The Morgan fingerprint density at radius 3 is 2.35 bits per heavy atom. The number of primary amides is 1. The Morgan fingerprint density at radius 1 is 1.19 bits per heavy atom. The molecule has 0 aromatic heterocycles. The van der Waals surface area contributed by atoms with Crippen LogP contribution in [-0.4, -0.2) is 85.9 Å². The van der Waals surface area contributed by atoms with Crippen LogP contribution in [0.3, 0.4) is 0 Å². The summed E-state index contributed by atoms with van der Waals surface area (Å²) in [5.41, 5.74) is 4.88. The van der Waals surface area contributed by atoms with Gasteiger partial charge in [0.25, 0.3) is 0 Å². The Balaban J connectivity index is 1.60. The number of hydrogen-bond donors (Lipinski definition) is 2. The zero-order valence-electron chi connectivity index (χ0n) is 15.8. The predicted octanol–water partition coefficient (Wildman–Crippen LogP) is -0.589. The van der Waals surface area contributed by atoms with Gasteiger partial charge in [-0.2, -0.15) is 0 Å². The van der Waals surface area contributed by atoms with Crippen molar-refractivity contribution in [3.8, 4) is 0 Å². The van der Waals surface area contributed by atoms with Gasteiger partial charge in [0.2, 0.25) is 5.91 Å². The molecule has 3 rings (SSSR count). The van der Waals surface area contributed by atoms with Crippen LogP contribution in [0.5, 0.6) is 0 Å². The molecule has 0 aromatic carbocycles. The second-order valence-electron chi connectivity index (χ2n) is 8.25. The second-order valence-corrected chi connectivity index (χ2v) is 10.5. The number of guanidine groups is 1. The maximum atomic E-state index is 11.7. The van der Waals surface area contributed by atoms with Gasteiger partial charge in [-0.15, -0.1) is 0 Å². The van der Waals surface area contributed by atoms with Gasteiger partial charge in [0.1, 0.15) is 0 Å². The van der Waals surface area contributed by atoms with E-state index in [1.54, 1.807) is 0 Å². The van der Waals surface area contributed by atoms with E-state index in [1.165, 1.54) is 0 Å². The molecule has 1 aliphatic carbocycles. The van der Waals surface area contributed by atoms with Crippen molar-refractivity contribution in [2.24, 2.45) is 16.6 Å². The van der Waals surface area contributed by atoms with Crippen LogP contribution in [0.25, 0.3) is 0 Å². The van der Waals surface area contributed by atoms with Gasteiger partial charge in [-0.25, -0.2) is 8.42 Å². The van der Waals surface area contributed by atoms with Crippen LogP contribution >= 0.6 is 0 Å². The van der Waals surface area contributed by atoms with Crippen molar-refractivity contribution in [3.63, 3.8) is 0 Å². The molecule has 148 valence electrons. The first kappa shape index (κ1) is 19.4. The van der Waals surface area contributed by atoms with Crippen LogP contribution in [0, 0.1) is 5.92 Å². The number of nitrogens with one attached hydrogen (secondary N) is 1. The summed E-state index contributed by atoms with van der Waals surface area (Å²) in [6.07, 6.45) is 3.03. The van der Waals surface area contributed by atoms with Crippen LogP contribution in [-0.2, 0) is 14.6 Å². The molecule has 8 nitrogen and oxygen atoms in total. The summed E-state index contributed by atoms with van der Waals surface area (Å²) in [4.78, 5) is 20.8. The molecular weight excluding hydrogens is 354 g/mol. The lowest BCUT2D eigenvalue weighted by Gasteiger charge is -2.43. The third-order valence-electron chi connectivity index (χ3n) is 5.71. The number of carbonyl (C=O) groups is 1. The summed E-state index contributed by atoms with van der Waals surface area (Å²) in [5.74, 6) is 1.26. The van der Waals surface area contributed by atoms with Gasteiger partial charge in [0.15, 0.2) is 15.8 Å². The Labute approximate surface area is 156 Å². The number of amides is 1. The lowest BCUT2D eigenvalue weighted by molar-refractivity contribution is -0.129. The molecule has 3 N–H and O–H groups in total. The highest BCUT2D eigenvalue weighted by Gasteiger charge is 2.36. The van der Waals surface area contributed by atoms with Crippen LogP contribution in [0.4, 0.5) is 0 Å². The number of hydrogen-bond acceptors (Lipinski definition) is 5. The van der Waals surface area contributed by atoms with E-state index < -0.39 is 15.4 Å². The molecule has 2 heterocycles. The molecule has 1 amide bonds. The van der Waals surface area contributed by atoms with E-state index in [4.69, 9.17) is 10.7 Å². The second kappa shape index (κ2) is 7.34. The minimum Gasteiger partial charge on any atom is -0.368 e. The van der Waals surface area contributed by atoms with Gasteiger partial charge in [-0.3, -0.25) is 14.7 Å². The normalized spacial score (nSPS) is 27.5. The van der Waals surface area contributed by atoms with Crippen LogP contribution in [0.1, 0.15) is 33.1 Å². The van der Waals surface area contributed by atoms with Crippen LogP contribution < -0.4 is 11.1 Å². The van der Waals surface area contributed by atoms with Crippen LogP contribution in [0.2, 0.25) is 0 Å². The zero-order chi connectivity index (χ0) is 18.9. The quantitative estimate of drug-likeness (QED) is 0.484. The fraction of sp³-hybridized carbons (Fsp3) is 0.882. The largest absolute Gasteiger partial charge is 0.368 e. The van der Waals surface area contributed by atoms with Crippen molar-refractivity contribution in [1.29, 1.82) is 0 Å². The molecule has 1 saturated carbocycles. The molecule has 1 unspecified atom stereocenters. The Kier molecular flexibility index (Phi) is 5.48. The number of piperazine rings is 1. The highest BCUT2D eigenvalue weighted by Crippen LogP contribution is 2.22. The molecular formula is C17H31N5O3S. The number of aliphatic imine (C=N–C) groups is 1. The van der Waals surface area contributed by atoms with Gasteiger partial charge in [-0.1, -0.05) is 0 Å². The maximum absolute atomic E-state index is 11.7. The summed E-state index contributed by atoms with van der Waals surface area (Å²) < 4.78 is 23.3. The third kappa shape index (κ3) is 4.68. The maximum Gasteiger partial charge on any atom is 0.237 e. The molecule has 9 heteroatoms. The van der Waals surface area contributed by atoms with E-state index in [-0.39, 0.29) is 17.6 Å². The lowest BCUT2D eigenvalue weighted by atomic mass is 10.0. The Bertz CT molecular complexity index is 664. The monoisotopic (exact) mass is 385 g/mol. The van der Waals surface area contributed by atoms with Crippen molar-refractivity contribution in [2.75, 3.05) is 44.2 Å². The summed E-state index contributed by atoms with van der Waals surface area (Å²) >= 11 is 0. The van der Waals surface area contributed by atoms with Gasteiger partial charge in [-0.05, 0) is 39.0 Å². The number of nitrogens with zero attached hydrogens (tertiary/aromatic N) is 3. The topological polar surface area (TPSA) is 108 Å². The SMILES string of the molecule is CC(C)(C(N)=O)N1CCN(C(=NCC2CCS(=O)(=O)C2)NC2CC2)CC1. The standard InChI is InChI=1S/C17H31N5O3S/c1-17(2,15(18)23)22-8-6-21(7-9-22)16(20-14-3-4-14)19-11-13-5-10-26(24,25)12-13/h13-14H,3-12H2,1-2H3,(H2,18,23)(H,19,20). The minimum absolute atomic E-state index is 0.131. The van der Waals surface area contributed by atoms with Crippen LogP contribution in [0.15, 0.2) is 4.99 Å².